The highest BCUT2D eigenvalue weighted by Crippen LogP contribution is 2.46. The van der Waals surface area contributed by atoms with E-state index in [9.17, 15) is 4.79 Å². The molecule has 1 rings (SSSR count). The van der Waals surface area contributed by atoms with Crippen LogP contribution < -0.4 is 5.73 Å². The van der Waals surface area contributed by atoms with Gasteiger partial charge in [0.15, 0.2) is 0 Å². The summed E-state index contributed by atoms with van der Waals surface area (Å²) in [4.78, 5) is 11.7. The number of ether oxygens (including phenoxy) is 1. The van der Waals surface area contributed by atoms with Crippen molar-refractivity contribution in [1.82, 2.24) is 0 Å². The number of hydrogen-bond donors (Lipinski definition) is 1. The Hall–Kier alpha value is -0.570. The highest BCUT2D eigenvalue weighted by molar-refractivity contribution is 5.70. The molecule has 0 bridgehead atoms. The molecule has 1 aliphatic rings. The van der Waals surface area contributed by atoms with E-state index in [1.807, 2.05) is 0 Å². The minimum absolute atomic E-state index is 0.0460. The lowest BCUT2D eigenvalue weighted by atomic mass is 9.70. The van der Waals surface area contributed by atoms with Crippen molar-refractivity contribution in [1.29, 1.82) is 0 Å². The van der Waals surface area contributed by atoms with Gasteiger partial charge in [-0.25, -0.2) is 0 Å². The lowest BCUT2D eigenvalue weighted by Gasteiger charge is -2.37. The van der Waals surface area contributed by atoms with Crippen molar-refractivity contribution >= 4 is 5.97 Å². The second-order valence-corrected chi connectivity index (χ2v) is 6.65. The van der Waals surface area contributed by atoms with Crippen LogP contribution in [-0.4, -0.2) is 19.1 Å². The van der Waals surface area contributed by atoms with Crippen LogP contribution in [0.4, 0.5) is 0 Å². The highest BCUT2D eigenvalue weighted by Gasteiger charge is 2.41. The molecule has 2 N–H and O–H groups in total. The van der Waals surface area contributed by atoms with Crippen LogP contribution in [0, 0.1) is 10.8 Å². The molecule has 0 heterocycles. The molecule has 0 radical (unpaired) electrons. The standard InChI is InChI=1S/C15H29NO2/c1-5-12(16)15(11-13(17)18-4)8-6-7-14(2,3)9-10-15/h12H,5-11,16H2,1-4H3. The molecule has 2 unspecified atom stereocenters. The lowest BCUT2D eigenvalue weighted by molar-refractivity contribution is -0.144. The number of methoxy groups -OCH3 is 1. The zero-order valence-electron chi connectivity index (χ0n) is 12.4. The van der Waals surface area contributed by atoms with Gasteiger partial charge in [0.2, 0.25) is 0 Å². The maximum atomic E-state index is 11.7. The number of carbonyl (C=O) groups is 1. The van der Waals surface area contributed by atoms with Gasteiger partial charge in [0.05, 0.1) is 13.5 Å². The van der Waals surface area contributed by atoms with Crippen LogP contribution in [-0.2, 0) is 9.53 Å². The maximum absolute atomic E-state index is 11.7. The predicted molar refractivity (Wildman–Crippen MR) is 74.2 cm³/mol. The molecule has 106 valence electrons. The first-order chi connectivity index (χ1) is 8.35. The van der Waals surface area contributed by atoms with Gasteiger partial charge in [0.25, 0.3) is 0 Å². The summed E-state index contributed by atoms with van der Waals surface area (Å²) in [5, 5.41) is 0. The van der Waals surface area contributed by atoms with Crippen molar-refractivity contribution in [2.75, 3.05) is 7.11 Å². The average molecular weight is 255 g/mol. The smallest absolute Gasteiger partial charge is 0.306 e. The van der Waals surface area contributed by atoms with E-state index >= 15 is 0 Å². The van der Waals surface area contributed by atoms with E-state index in [4.69, 9.17) is 10.5 Å². The van der Waals surface area contributed by atoms with E-state index in [0.29, 0.717) is 11.8 Å². The molecule has 0 saturated heterocycles. The van der Waals surface area contributed by atoms with E-state index in [1.54, 1.807) is 0 Å². The third kappa shape index (κ3) is 3.71. The first-order valence-corrected chi connectivity index (χ1v) is 7.18. The van der Waals surface area contributed by atoms with Gasteiger partial charge < -0.3 is 10.5 Å². The molecule has 0 amide bonds. The molecule has 0 aliphatic heterocycles. The Balaban J connectivity index is 2.87. The Morgan fingerprint density at radius 2 is 1.94 bits per heavy atom. The van der Waals surface area contributed by atoms with Gasteiger partial charge in [-0.15, -0.1) is 0 Å². The number of hydrogen-bond acceptors (Lipinski definition) is 3. The largest absolute Gasteiger partial charge is 0.469 e. The third-order valence-corrected chi connectivity index (χ3v) is 4.78. The van der Waals surface area contributed by atoms with E-state index in [1.165, 1.54) is 13.5 Å². The van der Waals surface area contributed by atoms with E-state index in [-0.39, 0.29) is 17.4 Å². The van der Waals surface area contributed by atoms with Crippen molar-refractivity contribution in [2.24, 2.45) is 16.6 Å². The Morgan fingerprint density at radius 1 is 1.28 bits per heavy atom. The third-order valence-electron chi connectivity index (χ3n) is 4.78. The van der Waals surface area contributed by atoms with Gasteiger partial charge in [-0.1, -0.05) is 27.2 Å². The van der Waals surface area contributed by atoms with Gasteiger partial charge in [-0.2, -0.15) is 0 Å². The van der Waals surface area contributed by atoms with Gasteiger partial charge in [-0.3, -0.25) is 4.79 Å². The molecular formula is C15H29NO2. The summed E-state index contributed by atoms with van der Waals surface area (Å²) in [5.41, 5.74) is 6.67. The Morgan fingerprint density at radius 3 is 2.50 bits per heavy atom. The SMILES string of the molecule is CCC(N)C1(CC(=O)OC)CCCC(C)(C)CC1. The summed E-state index contributed by atoms with van der Waals surface area (Å²) in [6, 6.07) is 0.102. The first-order valence-electron chi connectivity index (χ1n) is 7.18. The van der Waals surface area contributed by atoms with Gasteiger partial charge >= 0.3 is 5.97 Å². The topological polar surface area (TPSA) is 52.3 Å². The van der Waals surface area contributed by atoms with Crippen molar-refractivity contribution < 1.29 is 9.53 Å². The highest BCUT2D eigenvalue weighted by atomic mass is 16.5. The van der Waals surface area contributed by atoms with Crippen LogP contribution in [0.3, 0.4) is 0 Å². The second kappa shape index (κ2) is 6.05. The molecule has 1 saturated carbocycles. The monoisotopic (exact) mass is 255 g/mol. The van der Waals surface area contributed by atoms with E-state index in [2.05, 4.69) is 20.8 Å². The van der Waals surface area contributed by atoms with Crippen LogP contribution >= 0.6 is 0 Å². The predicted octanol–water partition coefficient (Wildman–Crippen LogP) is 3.26. The van der Waals surface area contributed by atoms with Crippen LogP contribution in [0.15, 0.2) is 0 Å². The van der Waals surface area contributed by atoms with Gasteiger partial charge in [-0.05, 0) is 42.9 Å². The fraction of sp³-hybridized carbons (Fsp3) is 0.933. The van der Waals surface area contributed by atoms with Crippen LogP contribution in [0.2, 0.25) is 0 Å². The van der Waals surface area contributed by atoms with Crippen LogP contribution in [0.1, 0.15) is 65.7 Å². The zero-order valence-corrected chi connectivity index (χ0v) is 12.4. The second-order valence-electron chi connectivity index (χ2n) is 6.65. The van der Waals surface area contributed by atoms with Crippen molar-refractivity contribution in [3.8, 4) is 0 Å². The molecule has 0 aromatic heterocycles. The summed E-state index contributed by atoms with van der Waals surface area (Å²) < 4.78 is 4.87. The minimum atomic E-state index is -0.112. The summed E-state index contributed by atoms with van der Waals surface area (Å²) >= 11 is 0. The molecule has 0 spiro atoms. The van der Waals surface area contributed by atoms with Crippen LogP contribution in [0.25, 0.3) is 0 Å². The molecule has 3 heteroatoms. The minimum Gasteiger partial charge on any atom is -0.469 e. The van der Waals surface area contributed by atoms with E-state index < -0.39 is 0 Å². The number of nitrogens with two attached hydrogens (primary N) is 1. The number of carbonyl (C=O) groups excluding carboxylic acids is 1. The summed E-state index contributed by atoms with van der Waals surface area (Å²) in [7, 11) is 1.47. The molecule has 3 nitrogen and oxygen atoms in total. The molecular weight excluding hydrogens is 226 g/mol. The molecule has 1 fully saturated rings. The summed E-state index contributed by atoms with van der Waals surface area (Å²) in [5.74, 6) is -0.112. The van der Waals surface area contributed by atoms with Gasteiger partial charge in [0.1, 0.15) is 0 Å². The van der Waals surface area contributed by atoms with Crippen molar-refractivity contribution in [3.63, 3.8) is 0 Å². The fourth-order valence-electron chi connectivity index (χ4n) is 3.23. The molecule has 1 aliphatic carbocycles. The van der Waals surface area contributed by atoms with Crippen LogP contribution in [0.5, 0.6) is 0 Å². The summed E-state index contributed by atoms with van der Waals surface area (Å²) in [6.45, 7) is 6.75. The van der Waals surface area contributed by atoms with Gasteiger partial charge in [0, 0.05) is 6.04 Å². The van der Waals surface area contributed by atoms with Crippen molar-refractivity contribution in [2.45, 2.75) is 71.8 Å². The Labute approximate surface area is 111 Å². The lowest BCUT2D eigenvalue weighted by Crippen LogP contribution is -2.43. The Kier molecular flexibility index (Phi) is 5.20. The Bertz CT molecular complexity index is 288. The zero-order chi connectivity index (χ0) is 13.8. The fourth-order valence-corrected chi connectivity index (χ4v) is 3.23. The maximum Gasteiger partial charge on any atom is 0.306 e. The summed E-state index contributed by atoms with van der Waals surface area (Å²) in [6.07, 6.45) is 7.05. The number of rotatable bonds is 4. The normalized spacial score (nSPS) is 29.4. The quantitative estimate of drug-likeness (QED) is 0.619. The molecule has 0 aromatic rings. The molecule has 0 aromatic carbocycles. The average Bonchev–Trinajstić information content (AvgIpc) is 2.48. The molecule has 2 atom stereocenters. The number of esters is 1. The first kappa shape index (κ1) is 15.5. The molecule has 18 heavy (non-hydrogen) atoms. The van der Waals surface area contributed by atoms with Crippen molar-refractivity contribution in [3.05, 3.63) is 0 Å². The van der Waals surface area contributed by atoms with E-state index in [0.717, 1.165) is 32.1 Å².